The maximum Gasteiger partial charge on any atom is 0.144 e. The van der Waals surface area contributed by atoms with Crippen molar-refractivity contribution in [3.8, 4) is 0 Å². The van der Waals surface area contributed by atoms with Gasteiger partial charge in [0.25, 0.3) is 0 Å². The number of hydrogen-bond acceptors (Lipinski definition) is 3. The zero-order chi connectivity index (χ0) is 9.52. The van der Waals surface area contributed by atoms with E-state index in [1.165, 1.54) is 0 Å². The predicted octanol–water partition coefficient (Wildman–Crippen LogP) is 1.83. The van der Waals surface area contributed by atoms with Gasteiger partial charge in [0.05, 0.1) is 6.04 Å². The zero-order valence-corrected chi connectivity index (χ0v) is 7.69. The van der Waals surface area contributed by atoms with E-state index in [0.29, 0.717) is 0 Å². The number of nitrogens with two attached hydrogens (primary N) is 1. The summed E-state index contributed by atoms with van der Waals surface area (Å²) in [5.41, 5.74) is 5.88. The van der Waals surface area contributed by atoms with Crippen molar-refractivity contribution in [2.75, 3.05) is 0 Å². The highest BCUT2D eigenvalue weighted by atomic mass is 14.9. The number of unbranched alkanes of at least 4 members (excludes halogenated alkanes) is 1. The molecule has 1 heterocycles. The van der Waals surface area contributed by atoms with E-state index < -0.39 is 0 Å². The van der Waals surface area contributed by atoms with Crippen molar-refractivity contribution < 1.29 is 0 Å². The third-order valence-electron chi connectivity index (χ3n) is 1.84. The molecule has 1 aromatic rings. The molecule has 0 fully saturated rings. The van der Waals surface area contributed by atoms with Gasteiger partial charge in [-0.15, -0.1) is 6.58 Å². The van der Waals surface area contributed by atoms with Crippen molar-refractivity contribution in [1.82, 2.24) is 9.97 Å². The molecule has 1 atom stereocenters. The first-order valence-corrected chi connectivity index (χ1v) is 4.48. The van der Waals surface area contributed by atoms with Crippen LogP contribution in [0.5, 0.6) is 0 Å². The minimum absolute atomic E-state index is 0.0406. The maximum absolute atomic E-state index is 5.88. The average Bonchev–Trinajstić information content (AvgIpc) is 2.19. The zero-order valence-electron chi connectivity index (χ0n) is 7.69. The van der Waals surface area contributed by atoms with Gasteiger partial charge in [-0.1, -0.05) is 6.08 Å². The first-order valence-electron chi connectivity index (χ1n) is 4.48. The quantitative estimate of drug-likeness (QED) is 0.551. The minimum Gasteiger partial charge on any atom is -0.321 e. The Labute approximate surface area is 78.7 Å². The largest absolute Gasteiger partial charge is 0.321 e. The Bertz CT molecular complexity index is 246. The standard InChI is InChI=1S/C10H15N3/c1-2-3-4-6-9(11)10-12-7-5-8-13-10/h2,5,7-9H,1,3-4,6,11H2. The van der Waals surface area contributed by atoms with Crippen molar-refractivity contribution in [2.45, 2.75) is 25.3 Å². The van der Waals surface area contributed by atoms with E-state index in [9.17, 15) is 0 Å². The van der Waals surface area contributed by atoms with Crippen LogP contribution >= 0.6 is 0 Å². The molecule has 0 bridgehead atoms. The highest BCUT2D eigenvalue weighted by Crippen LogP contribution is 2.11. The fourth-order valence-corrected chi connectivity index (χ4v) is 1.11. The minimum atomic E-state index is -0.0406. The molecular weight excluding hydrogens is 162 g/mol. The molecule has 2 N–H and O–H groups in total. The molecule has 0 aliphatic rings. The summed E-state index contributed by atoms with van der Waals surface area (Å²) < 4.78 is 0. The molecule has 0 amide bonds. The summed E-state index contributed by atoms with van der Waals surface area (Å²) in [4.78, 5) is 8.19. The van der Waals surface area contributed by atoms with Gasteiger partial charge in [0.1, 0.15) is 5.82 Å². The van der Waals surface area contributed by atoms with Gasteiger partial charge in [-0.25, -0.2) is 9.97 Å². The Balaban J connectivity index is 2.39. The van der Waals surface area contributed by atoms with Crippen LogP contribution in [0.2, 0.25) is 0 Å². The van der Waals surface area contributed by atoms with Crippen LogP contribution in [0, 0.1) is 0 Å². The van der Waals surface area contributed by atoms with Crippen LogP contribution in [-0.2, 0) is 0 Å². The second-order valence-electron chi connectivity index (χ2n) is 2.93. The first-order chi connectivity index (χ1) is 6.34. The highest BCUT2D eigenvalue weighted by molar-refractivity contribution is 4.94. The van der Waals surface area contributed by atoms with Crippen LogP contribution < -0.4 is 5.73 Å². The molecule has 0 saturated heterocycles. The number of allylic oxidation sites excluding steroid dienone is 1. The normalized spacial score (nSPS) is 12.4. The Hall–Kier alpha value is -1.22. The number of rotatable bonds is 5. The van der Waals surface area contributed by atoms with Crippen LogP contribution in [0.3, 0.4) is 0 Å². The van der Waals surface area contributed by atoms with Gasteiger partial charge in [0, 0.05) is 12.4 Å². The van der Waals surface area contributed by atoms with Crippen LogP contribution in [0.4, 0.5) is 0 Å². The summed E-state index contributed by atoms with van der Waals surface area (Å²) in [5.74, 6) is 0.728. The molecule has 0 aliphatic heterocycles. The molecule has 3 heteroatoms. The summed E-state index contributed by atoms with van der Waals surface area (Å²) in [6.07, 6.45) is 8.30. The van der Waals surface area contributed by atoms with Crippen molar-refractivity contribution in [1.29, 1.82) is 0 Å². The third kappa shape index (κ3) is 3.34. The molecule has 3 nitrogen and oxygen atoms in total. The smallest absolute Gasteiger partial charge is 0.144 e. The van der Waals surface area contributed by atoms with Crippen LogP contribution in [0.15, 0.2) is 31.1 Å². The molecule has 1 rings (SSSR count). The summed E-state index contributed by atoms with van der Waals surface area (Å²) in [7, 11) is 0. The average molecular weight is 177 g/mol. The van der Waals surface area contributed by atoms with E-state index in [1.807, 2.05) is 6.08 Å². The van der Waals surface area contributed by atoms with Gasteiger partial charge in [-0.3, -0.25) is 0 Å². The molecule has 13 heavy (non-hydrogen) atoms. The molecule has 0 aliphatic carbocycles. The van der Waals surface area contributed by atoms with Gasteiger partial charge in [-0.05, 0) is 25.3 Å². The number of nitrogens with zero attached hydrogens (tertiary/aromatic N) is 2. The predicted molar refractivity (Wildman–Crippen MR) is 53.0 cm³/mol. The lowest BCUT2D eigenvalue weighted by Gasteiger charge is -2.07. The molecule has 1 unspecified atom stereocenters. The van der Waals surface area contributed by atoms with Gasteiger partial charge in [-0.2, -0.15) is 0 Å². The lowest BCUT2D eigenvalue weighted by Crippen LogP contribution is -2.13. The number of aromatic nitrogens is 2. The van der Waals surface area contributed by atoms with E-state index >= 15 is 0 Å². The highest BCUT2D eigenvalue weighted by Gasteiger charge is 2.06. The Kier molecular flexibility index (Phi) is 4.12. The molecule has 0 radical (unpaired) electrons. The van der Waals surface area contributed by atoms with Crippen molar-refractivity contribution in [3.63, 3.8) is 0 Å². The van der Waals surface area contributed by atoms with E-state index in [-0.39, 0.29) is 6.04 Å². The lowest BCUT2D eigenvalue weighted by molar-refractivity contribution is 0.585. The van der Waals surface area contributed by atoms with Gasteiger partial charge in [0.15, 0.2) is 0 Å². The SMILES string of the molecule is C=CCCCC(N)c1ncccn1. The fraction of sp³-hybridized carbons (Fsp3) is 0.400. The molecule has 0 spiro atoms. The van der Waals surface area contributed by atoms with E-state index in [4.69, 9.17) is 5.73 Å². The molecule has 0 saturated carbocycles. The molecular formula is C10H15N3. The topological polar surface area (TPSA) is 51.8 Å². The van der Waals surface area contributed by atoms with Crippen molar-refractivity contribution >= 4 is 0 Å². The van der Waals surface area contributed by atoms with Gasteiger partial charge < -0.3 is 5.73 Å². The van der Waals surface area contributed by atoms with Gasteiger partial charge >= 0.3 is 0 Å². The lowest BCUT2D eigenvalue weighted by atomic mass is 10.1. The summed E-state index contributed by atoms with van der Waals surface area (Å²) in [6.45, 7) is 3.66. The Morgan fingerprint density at radius 3 is 2.77 bits per heavy atom. The molecule has 0 aromatic carbocycles. The first kappa shape index (κ1) is 9.86. The molecule has 1 aromatic heterocycles. The summed E-state index contributed by atoms with van der Waals surface area (Å²) in [6, 6.07) is 1.75. The van der Waals surface area contributed by atoms with E-state index in [1.54, 1.807) is 18.5 Å². The van der Waals surface area contributed by atoms with Crippen molar-refractivity contribution in [3.05, 3.63) is 36.9 Å². The number of hydrogen-bond donors (Lipinski definition) is 1. The molecule has 70 valence electrons. The third-order valence-corrected chi connectivity index (χ3v) is 1.84. The van der Waals surface area contributed by atoms with E-state index in [0.717, 1.165) is 25.1 Å². The van der Waals surface area contributed by atoms with Gasteiger partial charge in [0.2, 0.25) is 0 Å². The fourth-order valence-electron chi connectivity index (χ4n) is 1.11. The monoisotopic (exact) mass is 177 g/mol. The maximum atomic E-state index is 5.88. The summed E-state index contributed by atoms with van der Waals surface area (Å²) >= 11 is 0. The van der Waals surface area contributed by atoms with Crippen LogP contribution in [0.1, 0.15) is 31.1 Å². The second-order valence-corrected chi connectivity index (χ2v) is 2.93. The second kappa shape index (κ2) is 5.43. The Morgan fingerprint density at radius 2 is 2.15 bits per heavy atom. The van der Waals surface area contributed by atoms with E-state index in [2.05, 4.69) is 16.5 Å². The van der Waals surface area contributed by atoms with Crippen molar-refractivity contribution in [2.24, 2.45) is 5.73 Å². The summed E-state index contributed by atoms with van der Waals surface area (Å²) in [5, 5.41) is 0. The van der Waals surface area contributed by atoms with Crippen LogP contribution in [0.25, 0.3) is 0 Å². The van der Waals surface area contributed by atoms with Crippen LogP contribution in [-0.4, -0.2) is 9.97 Å². The Morgan fingerprint density at radius 1 is 1.46 bits per heavy atom.